The van der Waals surface area contributed by atoms with Crippen molar-refractivity contribution < 1.29 is 9.53 Å². The molecule has 2 nitrogen and oxygen atoms in total. The molecular weight excluding hydrogens is 224 g/mol. The Balaban J connectivity index is 2.26. The zero-order valence-electron chi connectivity index (χ0n) is 12.0. The number of esters is 1. The van der Waals surface area contributed by atoms with Gasteiger partial charge in [0.15, 0.2) is 0 Å². The highest BCUT2D eigenvalue weighted by Gasteiger charge is 2.53. The zero-order valence-corrected chi connectivity index (χ0v) is 12.0. The molecule has 0 saturated heterocycles. The van der Waals surface area contributed by atoms with E-state index in [-0.39, 0.29) is 11.6 Å². The number of fused-ring (bicyclic) bond motifs is 2. The molecule has 2 rings (SSSR count). The van der Waals surface area contributed by atoms with Gasteiger partial charge in [-0.3, -0.25) is 0 Å². The molecule has 18 heavy (non-hydrogen) atoms. The molecule has 0 aliphatic heterocycles. The second kappa shape index (κ2) is 5.07. The van der Waals surface area contributed by atoms with Gasteiger partial charge in [-0.05, 0) is 56.8 Å². The van der Waals surface area contributed by atoms with Crippen LogP contribution >= 0.6 is 0 Å². The lowest BCUT2D eigenvalue weighted by Gasteiger charge is -2.47. The van der Waals surface area contributed by atoms with Crippen molar-refractivity contribution in [3.05, 3.63) is 12.2 Å². The fraction of sp³-hybridized carbons (Fsp3) is 0.812. The van der Waals surface area contributed by atoms with Gasteiger partial charge in [0.05, 0.1) is 0 Å². The number of ether oxygens (including phenoxy) is 1. The number of hydrogen-bond donors (Lipinski definition) is 0. The molecule has 2 heteroatoms. The van der Waals surface area contributed by atoms with Crippen molar-refractivity contribution in [1.82, 2.24) is 0 Å². The van der Waals surface area contributed by atoms with Crippen LogP contribution in [0.15, 0.2) is 12.2 Å². The van der Waals surface area contributed by atoms with Gasteiger partial charge in [-0.15, -0.1) is 0 Å². The monoisotopic (exact) mass is 250 g/mol. The lowest BCUT2D eigenvalue weighted by molar-refractivity contribution is -0.177. The molecule has 0 spiro atoms. The summed E-state index contributed by atoms with van der Waals surface area (Å²) >= 11 is 0. The van der Waals surface area contributed by atoms with Crippen LogP contribution in [-0.4, -0.2) is 11.6 Å². The van der Waals surface area contributed by atoms with Crippen LogP contribution in [0.5, 0.6) is 0 Å². The molecule has 2 aliphatic rings. The van der Waals surface area contributed by atoms with E-state index < -0.39 is 0 Å². The Kier molecular flexibility index (Phi) is 3.84. The number of hydrogen-bond acceptors (Lipinski definition) is 2. The summed E-state index contributed by atoms with van der Waals surface area (Å²) in [6.45, 7) is 9.87. The minimum atomic E-state index is -0.211. The number of carbonyl (C=O) groups is 1. The van der Waals surface area contributed by atoms with Gasteiger partial charge >= 0.3 is 5.97 Å². The summed E-state index contributed by atoms with van der Waals surface area (Å²) in [6, 6.07) is 0. The third kappa shape index (κ3) is 2.10. The van der Waals surface area contributed by atoms with Crippen LogP contribution in [0.3, 0.4) is 0 Å². The van der Waals surface area contributed by atoms with E-state index in [1.807, 2.05) is 0 Å². The van der Waals surface area contributed by atoms with Crippen molar-refractivity contribution in [2.24, 2.45) is 17.8 Å². The van der Waals surface area contributed by atoms with Crippen molar-refractivity contribution in [3.8, 4) is 0 Å². The van der Waals surface area contributed by atoms with E-state index >= 15 is 0 Å². The third-order valence-corrected chi connectivity index (χ3v) is 5.22. The molecule has 0 aromatic rings. The largest absolute Gasteiger partial charge is 0.455 e. The molecular formula is C16H26O2. The molecule has 4 unspecified atom stereocenters. The fourth-order valence-corrected chi connectivity index (χ4v) is 4.26. The number of carbonyl (C=O) groups excluding carboxylic acids is 1. The summed E-state index contributed by atoms with van der Waals surface area (Å²) in [5, 5.41) is 0. The fourth-order valence-electron chi connectivity index (χ4n) is 4.26. The first-order valence-electron chi connectivity index (χ1n) is 7.42. The molecule has 0 amide bonds. The highest BCUT2D eigenvalue weighted by Crippen LogP contribution is 2.54. The summed E-state index contributed by atoms with van der Waals surface area (Å²) in [5.74, 6) is 1.80. The van der Waals surface area contributed by atoms with Crippen LogP contribution in [0.2, 0.25) is 0 Å². The SMILES string of the molecule is C=C(C)C(=O)OC1(CC)C(CC)CC2CCC1C2. The normalized spacial score (nSPS) is 38.5. The summed E-state index contributed by atoms with van der Waals surface area (Å²) in [7, 11) is 0. The first kappa shape index (κ1) is 13.6. The summed E-state index contributed by atoms with van der Waals surface area (Å²) in [6.07, 6.45) is 7.12. The molecule has 2 fully saturated rings. The van der Waals surface area contributed by atoms with Gasteiger partial charge in [0, 0.05) is 5.57 Å². The van der Waals surface area contributed by atoms with Crippen LogP contribution in [0, 0.1) is 17.8 Å². The maximum absolute atomic E-state index is 12.0. The minimum Gasteiger partial charge on any atom is -0.455 e. The van der Waals surface area contributed by atoms with E-state index in [2.05, 4.69) is 20.4 Å². The smallest absolute Gasteiger partial charge is 0.333 e. The average Bonchev–Trinajstić information content (AvgIpc) is 2.77. The van der Waals surface area contributed by atoms with Crippen LogP contribution in [0.25, 0.3) is 0 Å². The van der Waals surface area contributed by atoms with E-state index in [4.69, 9.17) is 4.74 Å². The van der Waals surface area contributed by atoms with Gasteiger partial charge in [0.2, 0.25) is 0 Å². The van der Waals surface area contributed by atoms with Gasteiger partial charge in [0.25, 0.3) is 0 Å². The molecule has 2 saturated carbocycles. The first-order valence-corrected chi connectivity index (χ1v) is 7.42. The van der Waals surface area contributed by atoms with E-state index in [0.717, 1.165) is 18.8 Å². The highest BCUT2D eigenvalue weighted by atomic mass is 16.6. The van der Waals surface area contributed by atoms with E-state index in [9.17, 15) is 4.79 Å². The average molecular weight is 250 g/mol. The van der Waals surface area contributed by atoms with E-state index in [0.29, 0.717) is 17.4 Å². The van der Waals surface area contributed by atoms with E-state index in [1.54, 1.807) is 6.92 Å². The standard InChI is InChI=1S/C16H26O2/c1-5-13-9-12-7-8-14(10-12)16(13,6-2)18-15(17)11(3)4/h12-14H,3,5-10H2,1-2,4H3. The van der Waals surface area contributed by atoms with Crippen LogP contribution < -0.4 is 0 Å². The Morgan fingerprint density at radius 3 is 2.61 bits per heavy atom. The van der Waals surface area contributed by atoms with Gasteiger partial charge in [-0.1, -0.05) is 26.8 Å². The summed E-state index contributed by atoms with van der Waals surface area (Å²) < 4.78 is 5.98. The summed E-state index contributed by atoms with van der Waals surface area (Å²) in [4.78, 5) is 12.0. The quantitative estimate of drug-likeness (QED) is 0.554. The maximum Gasteiger partial charge on any atom is 0.333 e. The zero-order chi connectivity index (χ0) is 13.3. The predicted octanol–water partition coefficient (Wildman–Crippen LogP) is 4.10. The molecule has 102 valence electrons. The topological polar surface area (TPSA) is 26.3 Å². The molecule has 4 atom stereocenters. The Hall–Kier alpha value is -0.790. The van der Waals surface area contributed by atoms with Crippen LogP contribution in [0.1, 0.15) is 59.3 Å². The first-order chi connectivity index (χ1) is 8.53. The Morgan fingerprint density at radius 2 is 2.06 bits per heavy atom. The lowest BCUT2D eigenvalue weighted by Crippen LogP contribution is -2.50. The molecule has 0 heterocycles. The minimum absolute atomic E-state index is 0.194. The van der Waals surface area contributed by atoms with E-state index in [1.165, 1.54) is 25.7 Å². The predicted molar refractivity (Wildman–Crippen MR) is 73.2 cm³/mol. The van der Waals surface area contributed by atoms with Gasteiger partial charge in [-0.2, -0.15) is 0 Å². The van der Waals surface area contributed by atoms with Gasteiger partial charge < -0.3 is 4.74 Å². The molecule has 0 aromatic carbocycles. The second-order valence-corrected chi connectivity index (χ2v) is 6.20. The summed E-state index contributed by atoms with van der Waals surface area (Å²) in [5.41, 5.74) is 0.315. The van der Waals surface area contributed by atoms with Crippen LogP contribution in [-0.2, 0) is 9.53 Å². The Bertz CT molecular complexity index is 347. The van der Waals surface area contributed by atoms with Crippen molar-refractivity contribution in [2.75, 3.05) is 0 Å². The number of rotatable bonds is 4. The highest BCUT2D eigenvalue weighted by molar-refractivity contribution is 5.87. The van der Waals surface area contributed by atoms with Crippen molar-refractivity contribution in [2.45, 2.75) is 64.9 Å². The molecule has 0 radical (unpaired) electrons. The van der Waals surface area contributed by atoms with Crippen molar-refractivity contribution >= 4 is 5.97 Å². The van der Waals surface area contributed by atoms with Crippen molar-refractivity contribution in [3.63, 3.8) is 0 Å². The Labute approximate surface area is 111 Å². The molecule has 0 N–H and O–H groups in total. The molecule has 0 aromatic heterocycles. The maximum atomic E-state index is 12.0. The van der Waals surface area contributed by atoms with Crippen LogP contribution in [0.4, 0.5) is 0 Å². The third-order valence-electron chi connectivity index (χ3n) is 5.22. The van der Waals surface area contributed by atoms with Crippen molar-refractivity contribution in [1.29, 1.82) is 0 Å². The molecule has 2 aliphatic carbocycles. The van der Waals surface area contributed by atoms with Gasteiger partial charge in [-0.25, -0.2) is 4.79 Å². The second-order valence-electron chi connectivity index (χ2n) is 6.20. The van der Waals surface area contributed by atoms with Gasteiger partial charge in [0.1, 0.15) is 5.60 Å². The molecule has 2 bridgehead atoms. The Morgan fingerprint density at radius 1 is 1.33 bits per heavy atom. The lowest BCUT2D eigenvalue weighted by atomic mass is 9.66.